The fourth-order valence-electron chi connectivity index (χ4n) is 4.81. The van der Waals surface area contributed by atoms with Gasteiger partial charge in [0.25, 0.3) is 0 Å². The molecule has 1 aliphatic rings. The Morgan fingerprint density at radius 3 is 2.25 bits per heavy atom. The standard InChI is InChI=1S/C24H36N4O8/c1-13(29)17-9-8-10-18(11-17)26-20-19(25)24(14(2)36-16(4)31,27-21(32)28(6)7)22(5,33)23(20,34)12-35-15(3)30/h8-11,14,19-20,26,33-34H,12,25H2,1-7H3,(H,27,32)/t14-,19-,20-,22-,23+,24-/m0/s1. The van der Waals surface area contributed by atoms with E-state index in [4.69, 9.17) is 15.2 Å². The predicted octanol–water partition coefficient (Wildman–Crippen LogP) is 0.0174. The van der Waals surface area contributed by atoms with Crippen molar-refractivity contribution in [1.82, 2.24) is 10.2 Å². The molecule has 12 nitrogen and oxygen atoms in total. The van der Waals surface area contributed by atoms with Crippen LogP contribution in [0.25, 0.3) is 0 Å². The molecule has 1 aromatic rings. The first-order valence-corrected chi connectivity index (χ1v) is 11.4. The number of ketones is 1. The number of rotatable bonds is 8. The molecule has 6 atom stereocenters. The van der Waals surface area contributed by atoms with Crippen LogP contribution in [0.1, 0.15) is 45.0 Å². The number of carbonyl (C=O) groups excluding carboxylic acids is 4. The maximum absolute atomic E-state index is 12.9. The quantitative estimate of drug-likeness (QED) is 0.237. The van der Waals surface area contributed by atoms with Crippen molar-refractivity contribution in [2.75, 3.05) is 26.0 Å². The Bertz CT molecular complexity index is 1030. The molecule has 36 heavy (non-hydrogen) atoms. The Hall–Kier alpha value is -3.22. The van der Waals surface area contributed by atoms with Crippen LogP contribution in [0.3, 0.4) is 0 Å². The lowest BCUT2D eigenvalue weighted by Gasteiger charge is -2.49. The van der Waals surface area contributed by atoms with Crippen molar-refractivity contribution in [2.24, 2.45) is 5.73 Å². The van der Waals surface area contributed by atoms with Crippen molar-refractivity contribution in [3.05, 3.63) is 29.8 Å². The van der Waals surface area contributed by atoms with Crippen molar-refractivity contribution in [1.29, 1.82) is 0 Å². The number of ether oxygens (including phenoxy) is 2. The summed E-state index contributed by atoms with van der Waals surface area (Å²) < 4.78 is 10.5. The number of carbonyl (C=O) groups is 4. The van der Waals surface area contributed by atoms with Gasteiger partial charge in [0.2, 0.25) is 0 Å². The third kappa shape index (κ3) is 5.01. The topological polar surface area (TPSA) is 181 Å². The Balaban J connectivity index is 2.75. The number of hydrogen-bond acceptors (Lipinski definition) is 10. The molecule has 0 bridgehead atoms. The van der Waals surface area contributed by atoms with Crippen LogP contribution in [0.15, 0.2) is 24.3 Å². The van der Waals surface area contributed by atoms with Gasteiger partial charge in [-0.25, -0.2) is 4.79 Å². The number of nitrogens with two attached hydrogens (primary N) is 1. The lowest BCUT2D eigenvalue weighted by Crippen LogP contribution is -2.77. The van der Waals surface area contributed by atoms with Crippen LogP contribution >= 0.6 is 0 Å². The number of benzene rings is 1. The highest BCUT2D eigenvalue weighted by atomic mass is 16.6. The van der Waals surface area contributed by atoms with E-state index in [2.05, 4.69) is 10.6 Å². The Morgan fingerprint density at radius 1 is 1.14 bits per heavy atom. The van der Waals surface area contributed by atoms with Crippen molar-refractivity contribution < 1.29 is 38.9 Å². The molecule has 2 amide bonds. The minimum Gasteiger partial charge on any atom is -0.463 e. The number of nitrogens with zero attached hydrogens (tertiary/aromatic N) is 1. The van der Waals surface area contributed by atoms with E-state index in [1.165, 1.54) is 45.8 Å². The summed E-state index contributed by atoms with van der Waals surface area (Å²) in [5, 5.41) is 29.6. The molecule has 200 valence electrons. The van der Waals surface area contributed by atoms with Gasteiger partial charge in [-0.1, -0.05) is 12.1 Å². The lowest BCUT2D eigenvalue weighted by molar-refractivity contribution is -0.200. The van der Waals surface area contributed by atoms with Crippen LogP contribution in [0.4, 0.5) is 10.5 Å². The number of nitrogens with one attached hydrogen (secondary N) is 2. The van der Waals surface area contributed by atoms with Gasteiger partial charge in [0.05, 0.1) is 12.1 Å². The van der Waals surface area contributed by atoms with Gasteiger partial charge in [0.15, 0.2) is 11.4 Å². The smallest absolute Gasteiger partial charge is 0.317 e. The van der Waals surface area contributed by atoms with Crippen molar-refractivity contribution >= 4 is 29.4 Å². The van der Waals surface area contributed by atoms with Gasteiger partial charge in [0, 0.05) is 39.2 Å². The summed E-state index contributed by atoms with van der Waals surface area (Å²) in [6, 6.07) is 3.11. The first-order valence-electron chi connectivity index (χ1n) is 11.4. The summed E-state index contributed by atoms with van der Waals surface area (Å²) in [7, 11) is 2.92. The Labute approximate surface area is 210 Å². The molecule has 0 aromatic heterocycles. The van der Waals surface area contributed by atoms with Gasteiger partial charge in [-0.2, -0.15) is 0 Å². The predicted molar refractivity (Wildman–Crippen MR) is 130 cm³/mol. The molecule has 1 aliphatic carbocycles. The molecule has 0 radical (unpaired) electrons. The molecule has 0 unspecified atom stereocenters. The number of Topliss-reactive ketones (excluding diaryl/α,β-unsaturated/α-hetero) is 1. The molecule has 0 heterocycles. The number of anilines is 1. The summed E-state index contributed by atoms with van der Waals surface area (Å²) in [6.45, 7) is 5.62. The van der Waals surface area contributed by atoms with Crippen LogP contribution in [0.2, 0.25) is 0 Å². The van der Waals surface area contributed by atoms with E-state index in [-0.39, 0.29) is 5.78 Å². The number of urea groups is 1. The summed E-state index contributed by atoms with van der Waals surface area (Å²) in [4.78, 5) is 49.5. The zero-order chi connectivity index (χ0) is 27.6. The molecule has 12 heteroatoms. The largest absolute Gasteiger partial charge is 0.463 e. The molecule has 1 saturated carbocycles. The molecule has 6 N–H and O–H groups in total. The second-order valence-corrected chi connectivity index (χ2v) is 9.51. The van der Waals surface area contributed by atoms with Crippen LogP contribution < -0.4 is 16.4 Å². The normalized spacial score (nSPS) is 30.2. The summed E-state index contributed by atoms with van der Waals surface area (Å²) in [6.07, 6.45) is -1.25. The number of amides is 2. The van der Waals surface area contributed by atoms with E-state index < -0.39 is 59.5 Å². The van der Waals surface area contributed by atoms with Crippen molar-refractivity contribution in [3.8, 4) is 0 Å². The van der Waals surface area contributed by atoms with Gasteiger partial charge in [0.1, 0.15) is 23.9 Å². The maximum atomic E-state index is 12.9. The van der Waals surface area contributed by atoms with Crippen molar-refractivity contribution in [2.45, 2.75) is 69.5 Å². The molecular weight excluding hydrogens is 472 g/mol. The number of aliphatic hydroxyl groups is 2. The molecule has 0 spiro atoms. The zero-order valence-electron chi connectivity index (χ0n) is 21.6. The van der Waals surface area contributed by atoms with Gasteiger partial charge in [-0.05, 0) is 32.9 Å². The third-order valence-corrected chi connectivity index (χ3v) is 6.84. The Kier molecular flexibility index (Phi) is 8.39. The van der Waals surface area contributed by atoms with Crippen LogP contribution in [0.5, 0.6) is 0 Å². The summed E-state index contributed by atoms with van der Waals surface area (Å²) in [5.41, 5.74) is 0.817. The van der Waals surface area contributed by atoms with Gasteiger partial charge in [-0.3, -0.25) is 14.4 Å². The van der Waals surface area contributed by atoms with Crippen LogP contribution in [0, 0.1) is 0 Å². The molecule has 2 rings (SSSR count). The lowest BCUT2D eigenvalue weighted by atomic mass is 9.73. The average Bonchev–Trinajstić information content (AvgIpc) is 2.88. The first-order chi connectivity index (χ1) is 16.5. The van der Waals surface area contributed by atoms with Crippen LogP contribution in [-0.4, -0.2) is 94.5 Å². The van der Waals surface area contributed by atoms with Gasteiger partial charge in [-0.15, -0.1) is 0 Å². The zero-order valence-corrected chi connectivity index (χ0v) is 21.6. The molecular formula is C24H36N4O8. The second-order valence-electron chi connectivity index (χ2n) is 9.51. The third-order valence-electron chi connectivity index (χ3n) is 6.84. The highest BCUT2D eigenvalue weighted by Gasteiger charge is 2.77. The van der Waals surface area contributed by atoms with Gasteiger partial charge < -0.3 is 41.0 Å². The van der Waals surface area contributed by atoms with Crippen LogP contribution in [-0.2, 0) is 19.1 Å². The number of esters is 2. The number of hydrogen-bond donors (Lipinski definition) is 5. The highest BCUT2D eigenvalue weighted by molar-refractivity contribution is 5.95. The molecule has 1 aromatic carbocycles. The fraction of sp³-hybridized carbons (Fsp3) is 0.583. The van der Waals surface area contributed by atoms with Crippen molar-refractivity contribution in [3.63, 3.8) is 0 Å². The van der Waals surface area contributed by atoms with E-state index >= 15 is 0 Å². The molecule has 1 fully saturated rings. The van der Waals surface area contributed by atoms with E-state index in [0.29, 0.717) is 11.3 Å². The molecule has 0 aliphatic heterocycles. The summed E-state index contributed by atoms with van der Waals surface area (Å²) >= 11 is 0. The summed E-state index contributed by atoms with van der Waals surface area (Å²) in [5.74, 6) is -1.64. The molecule has 0 saturated heterocycles. The van der Waals surface area contributed by atoms with E-state index in [1.54, 1.807) is 18.2 Å². The van der Waals surface area contributed by atoms with Gasteiger partial charge >= 0.3 is 18.0 Å². The second kappa shape index (κ2) is 10.4. The fourth-order valence-corrected chi connectivity index (χ4v) is 4.81. The van der Waals surface area contributed by atoms with E-state index in [9.17, 15) is 29.4 Å². The maximum Gasteiger partial charge on any atom is 0.317 e. The van der Waals surface area contributed by atoms with E-state index in [0.717, 1.165) is 13.8 Å². The minimum absolute atomic E-state index is 0.201. The van der Waals surface area contributed by atoms with E-state index in [1.807, 2.05) is 0 Å². The average molecular weight is 509 g/mol. The monoisotopic (exact) mass is 508 g/mol. The minimum atomic E-state index is -2.33. The SMILES string of the molecule is CC(=O)OC[C@@]1(O)[C@@H](Nc2cccc(C(C)=O)c2)[C@H](N)[C@@](NC(=O)N(C)C)([C@H](C)OC(C)=O)[C@@]1(C)O. The highest BCUT2D eigenvalue weighted by Crippen LogP contribution is 2.50. The Morgan fingerprint density at radius 2 is 1.75 bits per heavy atom. The first kappa shape index (κ1) is 29.0.